The molecule has 82 valence electrons. The molecule has 0 saturated carbocycles. The monoisotopic (exact) mass is 228 g/mol. The fraction of sp³-hybridized carbons (Fsp3) is 0.333. The molecule has 1 aromatic carbocycles. The summed E-state index contributed by atoms with van der Waals surface area (Å²) in [6.45, 7) is 5.15. The zero-order valence-corrected chi connectivity index (χ0v) is 9.39. The molecule has 0 radical (unpaired) electrons. The number of benzene rings is 1. The quantitative estimate of drug-likeness (QED) is 0.780. The summed E-state index contributed by atoms with van der Waals surface area (Å²) in [6, 6.07) is 4.29. The van der Waals surface area contributed by atoms with Crippen LogP contribution in [0.1, 0.15) is 25.3 Å². The zero-order chi connectivity index (χ0) is 11.5. The number of rotatable bonds is 4. The maximum atomic E-state index is 13.5. The highest BCUT2D eigenvalue weighted by atomic mass is 35.5. The minimum atomic E-state index is -1.18. The van der Waals surface area contributed by atoms with E-state index in [1.807, 2.05) is 0 Å². The molecule has 0 amide bonds. The lowest BCUT2D eigenvalue weighted by Gasteiger charge is -2.23. The van der Waals surface area contributed by atoms with Crippen LogP contribution in [0.25, 0.3) is 0 Å². The van der Waals surface area contributed by atoms with Crippen molar-refractivity contribution in [2.24, 2.45) is 0 Å². The van der Waals surface area contributed by atoms with E-state index in [0.717, 1.165) is 0 Å². The molecule has 0 aliphatic rings. The molecule has 1 rings (SSSR count). The molecule has 0 aromatic heterocycles. The summed E-state index contributed by atoms with van der Waals surface area (Å²) in [5.74, 6) is -0.475. The second-order valence-electron chi connectivity index (χ2n) is 3.73. The summed E-state index contributed by atoms with van der Waals surface area (Å²) in [4.78, 5) is 0. The van der Waals surface area contributed by atoms with Gasteiger partial charge < -0.3 is 5.11 Å². The fourth-order valence-corrected chi connectivity index (χ4v) is 1.60. The summed E-state index contributed by atoms with van der Waals surface area (Å²) in [5.41, 5.74) is -0.906. The summed E-state index contributed by atoms with van der Waals surface area (Å²) in [7, 11) is 0. The van der Waals surface area contributed by atoms with Gasteiger partial charge in [-0.3, -0.25) is 0 Å². The summed E-state index contributed by atoms with van der Waals surface area (Å²) in [5, 5.41) is 10.4. The van der Waals surface area contributed by atoms with Gasteiger partial charge in [-0.05, 0) is 31.9 Å². The Kier molecular flexibility index (Phi) is 3.89. The van der Waals surface area contributed by atoms with Gasteiger partial charge in [0.15, 0.2) is 0 Å². The molecule has 3 heteroatoms. The van der Waals surface area contributed by atoms with Crippen LogP contribution in [0.4, 0.5) is 4.39 Å². The van der Waals surface area contributed by atoms with Crippen LogP contribution >= 0.6 is 11.6 Å². The molecular weight excluding hydrogens is 215 g/mol. The second kappa shape index (κ2) is 4.77. The van der Waals surface area contributed by atoms with Crippen LogP contribution in [-0.2, 0) is 5.60 Å². The standard InChI is InChI=1S/C12H14ClFO/c1-3-4-7-12(2,15)10-6-5-9(13)8-11(10)14/h3,5-6,8,15H,1,4,7H2,2H3. The fourth-order valence-electron chi connectivity index (χ4n) is 1.44. The number of aliphatic hydroxyl groups is 1. The van der Waals surface area contributed by atoms with E-state index >= 15 is 0 Å². The summed E-state index contributed by atoms with van der Waals surface area (Å²) in [6.07, 6.45) is 2.77. The van der Waals surface area contributed by atoms with E-state index in [9.17, 15) is 9.50 Å². The van der Waals surface area contributed by atoms with E-state index in [4.69, 9.17) is 11.6 Å². The first-order chi connectivity index (χ1) is 6.97. The SMILES string of the molecule is C=CCCC(C)(O)c1ccc(Cl)cc1F. The highest BCUT2D eigenvalue weighted by molar-refractivity contribution is 6.30. The molecule has 0 aliphatic carbocycles. The third-order valence-corrected chi connectivity index (χ3v) is 2.58. The van der Waals surface area contributed by atoms with Crippen LogP contribution in [0.3, 0.4) is 0 Å². The van der Waals surface area contributed by atoms with E-state index < -0.39 is 11.4 Å². The number of hydrogen-bond acceptors (Lipinski definition) is 1. The molecule has 15 heavy (non-hydrogen) atoms. The maximum Gasteiger partial charge on any atom is 0.130 e. The van der Waals surface area contributed by atoms with Gasteiger partial charge in [0.25, 0.3) is 0 Å². The zero-order valence-electron chi connectivity index (χ0n) is 8.63. The Morgan fingerprint density at radius 1 is 1.60 bits per heavy atom. The molecule has 1 N–H and O–H groups in total. The van der Waals surface area contributed by atoms with Gasteiger partial charge in [-0.1, -0.05) is 23.7 Å². The minimum absolute atomic E-state index is 0.272. The van der Waals surface area contributed by atoms with Gasteiger partial charge in [0.1, 0.15) is 5.82 Å². The number of hydrogen-bond donors (Lipinski definition) is 1. The molecule has 0 bridgehead atoms. The van der Waals surface area contributed by atoms with Crippen LogP contribution in [0.2, 0.25) is 5.02 Å². The Bertz CT molecular complexity index is 361. The Balaban J connectivity index is 2.98. The molecule has 1 unspecified atom stereocenters. The normalized spacial score (nSPS) is 14.7. The van der Waals surface area contributed by atoms with Gasteiger partial charge in [-0.15, -0.1) is 6.58 Å². The van der Waals surface area contributed by atoms with Gasteiger partial charge in [0.05, 0.1) is 5.60 Å². The van der Waals surface area contributed by atoms with Gasteiger partial charge in [-0.25, -0.2) is 4.39 Å². The Labute approximate surface area is 94.2 Å². The third kappa shape index (κ3) is 3.05. The van der Waals surface area contributed by atoms with Crippen LogP contribution in [0.15, 0.2) is 30.9 Å². The van der Waals surface area contributed by atoms with Crippen molar-refractivity contribution >= 4 is 11.6 Å². The topological polar surface area (TPSA) is 20.2 Å². The first-order valence-corrected chi connectivity index (χ1v) is 5.14. The van der Waals surface area contributed by atoms with E-state index in [2.05, 4.69) is 6.58 Å². The highest BCUT2D eigenvalue weighted by Crippen LogP contribution is 2.29. The molecule has 1 atom stereocenters. The average molecular weight is 229 g/mol. The Morgan fingerprint density at radius 2 is 2.27 bits per heavy atom. The molecule has 0 heterocycles. The first-order valence-electron chi connectivity index (χ1n) is 4.76. The smallest absolute Gasteiger partial charge is 0.130 e. The molecule has 0 saturated heterocycles. The van der Waals surface area contributed by atoms with Crippen LogP contribution in [-0.4, -0.2) is 5.11 Å². The molecule has 1 nitrogen and oxygen atoms in total. The lowest BCUT2D eigenvalue weighted by atomic mass is 9.91. The van der Waals surface area contributed by atoms with Crippen molar-refractivity contribution in [3.63, 3.8) is 0 Å². The van der Waals surface area contributed by atoms with Crippen LogP contribution in [0, 0.1) is 5.82 Å². The average Bonchev–Trinajstić information content (AvgIpc) is 2.14. The predicted octanol–water partition coefficient (Wildman–Crippen LogP) is 3.65. The van der Waals surface area contributed by atoms with Crippen molar-refractivity contribution in [3.05, 3.63) is 47.3 Å². The lowest BCUT2D eigenvalue weighted by molar-refractivity contribution is 0.0451. The van der Waals surface area contributed by atoms with Crippen molar-refractivity contribution < 1.29 is 9.50 Å². The van der Waals surface area contributed by atoms with Gasteiger partial charge >= 0.3 is 0 Å². The molecule has 0 fully saturated rings. The first kappa shape index (κ1) is 12.2. The van der Waals surface area contributed by atoms with Gasteiger partial charge in [0, 0.05) is 10.6 Å². The van der Waals surface area contributed by atoms with E-state index in [1.54, 1.807) is 19.1 Å². The largest absolute Gasteiger partial charge is 0.385 e. The van der Waals surface area contributed by atoms with Crippen LogP contribution in [0.5, 0.6) is 0 Å². The van der Waals surface area contributed by atoms with Gasteiger partial charge in [-0.2, -0.15) is 0 Å². The molecular formula is C12H14ClFO. The van der Waals surface area contributed by atoms with Gasteiger partial charge in [0.2, 0.25) is 0 Å². The summed E-state index contributed by atoms with van der Waals surface area (Å²) < 4.78 is 13.5. The molecule has 0 spiro atoms. The Hall–Kier alpha value is -0.860. The summed E-state index contributed by atoms with van der Waals surface area (Å²) >= 11 is 5.63. The molecule has 1 aromatic rings. The van der Waals surface area contributed by atoms with E-state index in [-0.39, 0.29) is 5.56 Å². The Morgan fingerprint density at radius 3 is 2.80 bits per heavy atom. The number of halogens is 2. The predicted molar refractivity (Wildman–Crippen MR) is 60.4 cm³/mol. The van der Waals surface area contributed by atoms with Crippen molar-refractivity contribution in [2.45, 2.75) is 25.4 Å². The van der Waals surface area contributed by atoms with Crippen LogP contribution < -0.4 is 0 Å². The lowest BCUT2D eigenvalue weighted by Crippen LogP contribution is -2.22. The van der Waals surface area contributed by atoms with Crippen molar-refractivity contribution in [1.82, 2.24) is 0 Å². The van der Waals surface area contributed by atoms with Crippen molar-refractivity contribution in [2.75, 3.05) is 0 Å². The van der Waals surface area contributed by atoms with Crippen molar-refractivity contribution in [1.29, 1.82) is 0 Å². The van der Waals surface area contributed by atoms with Crippen molar-refractivity contribution in [3.8, 4) is 0 Å². The minimum Gasteiger partial charge on any atom is -0.385 e. The number of allylic oxidation sites excluding steroid dienone is 1. The maximum absolute atomic E-state index is 13.5. The second-order valence-corrected chi connectivity index (χ2v) is 4.16. The van der Waals surface area contributed by atoms with E-state index in [1.165, 1.54) is 12.1 Å². The third-order valence-electron chi connectivity index (χ3n) is 2.35. The highest BCUT2D eigenvalue weighted by Gasteiger charge is 2.25. The molecule has 0 aliphatic heterocycles. The van der Waals surface area contributed by atoms with E-state index in [0.29, 0.717) is 17.9 Å².